The second-order valence-electron chi connectivity index (χ2n) is 2.97. The van der Waals surface area contributed by atoms with Crippen LogP contribution in [0.15, 0.2) is 16.6 Å². The Morgan fingerprint density at radius 2 is 2.15 bits per heavy atom. The smallest absolute Gasteiger partial charge is 0.126 e. The number of nitrogens with one attached hydrogen (secondary N) is 1. The molecule has 1 rings (SSSR count). The van der Waals surface area contributed by atoms with Gasteiger partial charge in [-0.25, -0.2) is 4.39 Å². The third-order valence-corrected chi connectivity index (χ3v) is 2.63. The molecule has 0 aromatic heterocycles. The van der Waals surface area contributed by atoms with Gasteiger partial charge in [-0.05, 0) is 36.7 Å². The summed E-state index contributed by atoms with van der Waals surface area (Å²) in [7, 11) is 0. The largest absolute Gasteiger partial charge is 0.313 e. The molecule has 0 amide bonds. The molecule has 0 aliphatic rings. The first-order valence-corrected chi connectivity index (χ1v) is 5.09. The van der Waals surface area contributed by atoms with Gasteiger partial charge >= 0.3 is 0 Å². The Kier molecular flexibility index (Phi) is 3.88. The molecule has 0 fully saturated rings. The van der Waals surface area contributed by atoms with Crippen molar-refractivity contribution in [1.29, 1.82) is 0 Å². The van der Waals surface area contributed by atoms with Crippen molar-refractivity contribution in [1.82, 2.24) is 5.32 Å². The van der Waals surface area contributed by atoms with Crippen LogP contribution in [0.5, 0.6) is 0 Å². The van der Waals surface area contributed by atoms with E-state index in [1.54, 1.807) is 13.0 Å². The molecule has 72 valence electrons. The van der Waals surface area contributed by atoms with E-state index in [0.29, 0.717) is 12.1 Å². The fourth-order valence-corrected chi connectivity index (χ4v) is 1.68. The van der Waals surface area contributed by atoms with E-state index in [1.807, 2.05) is 13.0 Å². The summed E-state index contributed by atoms with van der Waals surface area (Å²) in [6.07, 6.45) is 0. The van der Waals surface area contributed by atoms with E-state index in [-0.39, 0.29) is 5.82 Å². The molecule has 3 heteroatoms. The first-order chi connectivity index (χ1) is 6.15. The fraction of sp³-hybridized carbons (Fsp3) is 0.400. The highest BCUT2D eigenvalue weighted by Crippen LogP contribution is 2.20. The average Bonchev–Trinajstić information content (AvgIpc) is 2.09. The van der Waals surface area contributed by atoms with E-state index < -0.39 is 0 Å². The molecule has 0 unspecified atom stereocenters. The quantitative estimate of drug-likeness (QED) is 0.864. The highest BCUT2D eigenvalue weighted by molar-refractivity contribution is 9.10. The molecule has 0 saturated carbocycles. The van der Waals surface area contributed by atoms with Crippen LogP contribution in [-0.4, -0.2) is 6.54 Å². The van der Waals surface area contributed by atoms with E-state index in [4.69, 9.17) is 0 Å². The maximum absolute atomic E-state index is 13.1. The lowest BCUT2D eigenvalue weighted by molar-refractivity contribution is 0.612. The van der Waals surface area contributed by atoms with Crippen molar-refractivity contribution < 1.29 is 4.39 Å². The predicted molar refractivity (Wildman–Crippen MR) is 56.2 cm³/mol. The van der Waals surface area contributed by atoms with Gasteiger partial charge in [0.2, 0.25) is 0 Å². The number of hydrogen-bond donors (Lipinski definition) is 1. The number of hydrogen-bond acceptors (Lipinski definition) is 1. The molecule has 0 aliphatic heterocycles. The average molecular weight is 246 g/mol. The lowest BCUT2D eigenvalue weighted by atomic mass is 10.1. The molecule has 13 heavy (non-hydrogen) atoms. The van der Waals surface area contributed by atoms with Crippen LogP contribution in [0.1, 0.15) is 18.1 Å². The van der Waals surface area contributed by atoms with Gasteiger partial charge in [-0.15, -0.1) is 0 Å². The monoisotopic (exact) mass is 245 g/mol. The van der Waals surface area contributed by atoms with Crippen molar-refractivity contribution in [3.8, 4) is 0 Å². The molecule has 0 heterocycles. The van der Waals surface area contributed by atoms with Crippen LogP contribution < -0.4 is 5.32 Å². The van der Waals surface area contributed by atoms with Crippen molar-refractivity contribution >= 4 is 15.9 Å². The summed E-state index contributed by atoms with van der Waals surface area (Å²) in [6, 6.07) is 3.38. The van der Waals surface area contributed by atoms with Gasteiger partial charge in [0.1, 0.15) is 5.82 Å². The Bertz CT molecular complexity index is 299. The van der Waals surface area contributed by atoms with Crippen LogP contribution in [0, 0.1) is 12.7 Å². The molecule has 0 radical (unpaired) electrons. The zero-order chi connectivity index (χ0) is 9.84. The Hall–Kier alpha value is -0.410. The summed E-state index contributed by atoms with van der Waals surface area (Å²) < 4.78 is 14.1. The molecule has 0 aliphatic carbocycles. The highest BCUT2D eigenvalue weighted by atomic mass is 79.9. The van der Waals surface area contributed by atoms with Gasteiger partial charge in [0, 0.05) is 11.0 Å². The van der Waals surface area contributed by atoms with Gasteiger partial charge in [-0.3, -0.25) is 0 Å². The summed E-state index contributed by atoms with van der Waals surface area (Å²) in [5.41, 5.74) is 1.64. The van der Waals surface area contributed by atoms with E-state index in [2.05, 4.69) is 21.2 Å². The third-order valence-electron chi connectivity index (χ3n) is 1.89. The number of benzene rings is 1. The molecule has 0 spiro atoms. The van der Waals surface area contributed by atoms with Gasteiger partial charge in [0.25, 0.3) is 0 Å². The summed E-state index contributed by atoms with van der Waals surface area (Å²) in [6.45, 7) is 5.38. The number of rotatable bonds is 3. The van der Waals surface area contributed by atoms with Crippen LogP contribution in [0.2, 0.25) is 0 Å². The van der Waals surface area contributed by atoms with Gasteiger partial charge in [0.15, 0.2) is 0 Å². The van der Waals surface area contributed by atoms with Crippen molar-refractivity contribution in [2.24, 2.45) is 0 Å². The molecule has 0 atom stereocenters. The summed E-state index contributed by atoms with van der Waals surface area (Å²) >= 11 is 3.40. The molecule has 0 saturated heterocycles. The van der Waals surface area contributed by atoms with Gasteiger partial charge < -0.3 is 5.32 Å². The first-order valence-electron chi connectivity index (χ1n) is 4.30. The second-order valence-corrected chi connectivity index (χ2v) is 3.83. The topological polar surface area (TPSA) is 12.0 Å². The van der Waals surface area contributed by atoms with Crippen LogP contribution in [0.25, 0.3) is 0 Å². The molecule has 1 aromatic rings. The Balaban J connectivity index is 2.88. The Morgan fingerprint density at radius 3 is 2.77 bits per heavy atom. The van der Waals surface area contributed by atoms with E-state index in [9.17, 15) is 4.39 Å². The highest BCUT2D eigenvalue weighted by Gasteiger charge is 2.04. The van der Waals surface area contributed by atoms with Gasteiger partial charge in [0.05, 0.1) is 0 Å². The lowest BCUT2D eigenvalue weighted by Crippen LogP contribution is -2.12. The van der Waals surface area contributed by atoms with Crippen LogP contribution in [0.4, 0.5) is 4.39 Å². The number of halogens is 2. The van der Waals surface area contributed by atoms with E-state index >= 15 is 0 Å². The predicted octanol–water partition coefficient (Wildman–Crippen LogP) is 3.01. The minimum absolute atomic E-state index is 0.142. The lowest BCUT2D eigenvalue weighted by Gasteiger charge is -2.06. The first kappa shape index (κ1) is 10.7. The van der Waals surface area contributed by atoms with Gasteiger partial charge in [-0.2, -0.15) is 0 Å². The molecular weight excluding hydrogens is 233 g/mol. The maximum Gasteiger partial charge on any atom is 0.126 e. The molecule has 1 aromatic carbocycles. The standard InChI is InChI=1S/C10H13BrFN/c1-3-13-6-8-5-10(12)7(2)4-9(8)11/h4-5,13H,3,6H2,1-2H3. The summed E-state index contributed by atoms with van der Waals surface area (Å²) in [4.78, 5) is 0. The van der Waals surface area contributed by atoms with Crippen molar-refractivity contribution in [2.45, 2.75) is 20.4 Å². The Labute approximate surface area is 86.5 Å². The van der Waals surface area contributed by atoms with Crippen LogP contribution in [-0.2, 0) is 6.54 Å². The van der Waals surface area contributed by atoms with Crippen molar-refractivity contribution in [3.05, 3.63) is 33.5 Å². The maximum atomic E-state index is 13.1. The summed E-state index contributed by atoms with van der Waals surface area (Å²) in [5, 5.41) is 3.16. The second kappa shape index (κ2) is 4.72. The molecule has 1 nitrogen and oxygen atoms in total. The van der Waals surface area contributed by atoms with Gasteiger partial charge in [-0.1, -0.05) is 22.9 Å². The Morgan fingerprint density at radius 1 is 1.46 bits per heavy atom. The molecule has 1 N–H and O–H groups in total. The SMILES string of the molecule is CCNCc1cc(F)c(C)cc1Br. The summed E-state index contributed by atoms with van der Waals surface area (Å²) in [5.74, 6) is -0.142. The minimum atomic E-state index is -0.142. The number of aryl methyl sites for hydroxylation is 1. The fourth-order valence-electron chi connectivity index (χ4n) is 1.08. The minimum Gasteiger partial charge on any atom is -0.313 e. The third kappa shape index (κ3) is 2.78. The van der Waals surface area contributed by atoms with E-state index in [1.165, 1.54) is 0 Å². The van der Waals surface area contributed by atoms with E-state index in [0.717, 1.165) is 16.6 Å². The van der Waals surface area contributed by atoms with Crippen LogP contribution in [0.3, 0.4) is 0 Å². The molecular formula is C10H13BrFN. The normalized spacial score (nSPS) is 10.5. The van der Waals surface area contributed by atoms with Crippen molar-refractivity contribution in [2.75, 3.05) is 6.54 Å². The van der Waals surface area contributed by atoms with Crippen LogP contribution >= 0.6 is 15.9 Å². The zero-order valence-electron chi connectivity index (χ0n) is 7.82. The molecule has 0 bridgehead atoms. The van der Waals surface area contributed by atoms with Crippen molar-refractivity contribution in [3.63, 3.8) is 0 Å². The zero-order valence-corrected chi connectivity index (χ0v) is 9.41.